The van der Waals surface area contributed by atoms with Gasteiger partial charge in [-0.15, -0.1) is 0 Å². The van der Waals surface area contributed by atoms with Crippen LogP contribution >= 0.6 is 24.7 Å². The molecule has 0 radical (unpaired) electrons. The van der Waals surface area contributed by atoms with Crippen LogP contribution in [0, 0.1) is 0 Å². The first-order chi connectivity index (χ1) is 2.41. The molecule has 32 valence electrons. The molecule has 0 saturated heterocycles. The van der Waals surface area contributed by atoms with E-state index in [0.717, 1.165) is 0 Å². The molecule has 0 heterocycles. The summed E-state index contributed by atoms with van der Waals surface area (Å²) >= 11 is 4.36. The molecule has 0 amide bonds. The third-order valence-electron chi connectivity index (χ3n) is 0.175. The van der Waals surface area contributed by atoms with Crippen LogP contribution in [0.15, 0.2) is 0 Å². The van der Waals surface area contributed by atoms with Crippen molar-refractivity contribution in [3.8, 4) is 0 Å². The minimum atomic E-state index is 0. The summed E-state index contributed by atoms with van der Waals surface area (Å²) < 4.78 is 9.40. The predicted octanol–water partition coefficient (Wildman–Crippen LogP) is -2.22. The monoisotopic (exact) mass is 132 g/mol. The molecule has 0 aromatic heterocycles. The van der Waals surface area contributed by atoms with Crippen molar-refractivity contribution >= 4 is 24.7 Å². The van der Waals surface area contributed by atoms with Gasteiger partial charge in [-0.1, -0.05) is 0 Å². The number of hydrogen-bond donors (Lipinski definition) is 1. The standard InChI is InChI=1S/C2H6OS2.Na/c3-5-2-1-4;/h3-4H,1-2H2;/q;+1/p-1. The molecule has 0 fully saturated rings. The SMILES string of the molecule is [Na+].[O-]SCCS. The summed E-state index contributed by atoms with van der Waals surface area (Å²) in [7, 11) is 0. The molecule has 0 rings (SSSR count). The summed E-state index contributed by atoms with van der Waals surface area (Å²) in [6, 6.07) is 0. The van der Waals surface area contributed by atoms with Crippen molar-refractivity contribution in [2.24, 2.45) is 0 Å². The van der Waals surface area contributed by atoms with Crippen LogP contribution in [-0.2, 0) is 0 Å². The molecule has 1 nitrogen and oxygen atoms in total. The number of hydrogen-bond acceptors (Lipinski definition) is 3. The van der Waals surface area contributed by atoms with Crippen molar-refractivity contribution in [1.29, 1.82) is 0 Å². The molecule has 0 aromatic carbocycles. The van der Waals surface area contributed by atoms with Crippen LogP contribution in [0.25, 0.3) is 0 Å². The first-order valence-corrected chi connectivity index (χ1v) is 2.81. The largest absolute Gasteiger partial charge is 1.00 e. The molecular weight excluding hydrogens is 127 g/mol. The molecule has 0 aliphatic carbocycles. The van der Waals surface area contributed by atoms with Crippen molar-refractivity contribution in [2.45, 2.75) is 0 Å². The maximum absolute atomic E-state index is 9.40. The normalized spacial score (nSPS) is 7.00. The van der Waals surface area contributed by atoms with E-state index in [2.05, 4.69) is 12.6 Å². The Morgan fingerprint density at radius 3 is 2.17 bits per heavy atom. The number of thiol groups is 1. The van der Waals surface area contributed by atoms with Crippen LogP contribution in [-0.4, -0.2) is 16.1 Å². The smallest absolute Gasteiger partial charge is 0.799 e. The summed E-state index contributed by atoms with van der Waals surface area (Å²) in [5, 5.41) is 0. The summed E-state index contributed by atoms with van der Waals surface area (Å²) in [6.45, 7) is 0. The Morgan fingerprint density at radius 1 is 1.67 bits per heavy atom. The Bertz CT molecular complexity index is 19.0. The van der Waals surface area contributed by atoms with Crippen LogP contribution in [0.2, 0.25) is 0 Å². The van der Waals surface area contributed by atoms with Gasteiger partial charge in [-0.3, -0.25) is 12.0 Å². The molecule has 6 heavy (non-hydrogen) atoms. The van der Waals surface area contributed by atoms with Gasteiger partial charge in [-0.25, -0.2) is 0 Å². The summed E-state index contributed by atoms with van der Waals surface area (Å²) in [6.07, 6.45) is 0. The second-order valence-corrected chi connectivity index (χ2v) is 1.64. The van der Waals surface area contributed by atoms with E-state index in [-0.39, 0.29) is 29.6 Å². The van der Waals surface area contributed by atoms with Gasteiger partial charge < -0.3 is 4.55 Å². The Kier molecular flexibility index (Phi) is 17.4. The fourth-order valence-electron chi connectivity index (χ4n) is 0.0373. The van der Waals surface area contributed by atoms with E-state index in [0.29, 0.717) is 23.5 Å². The quantitative estimate of drug-likeness (QED) is 0.261. The van der Waals surface area contributed by atoms with Crippen molar-refractivity contribution in [3.05, 3.63) is 0 Å². The fraction of sp³-hybridized carbons (Fsp3) is 1.00. The third kappa shape index (κ3) is 9.18. The van der Waals surface area contributed by atoms with Crippen LogP contribution < -0.4 is 29.6 Å². The molecule has 4 heteroatoms. The van der Waals surface area contributed by atoms with Gasteiger partial charge in [0.15, 0.2) is 0 Å². The van der Waals surface area contributed by atoms with Gasteiger partial charge in [-0.2, -0.15) is 12.6 Å². The van der Waals surface area contributed by atoms with Gasteiger partial charge in [0.05, 0.1) is 0 Å². The van der Waals surface area contributed by atoms with Crippen LogP contribution in [0.1, 0.15) is 0 Å². The van der Waals surface area contributed by atoms with Crippen LogP contribution in [0.4, 0.5) is 0 Å². The first-order valence-electron chi connectivity index (χ1n) is 1.27. The van der Waals surface area contributed by atoms with Gasteiger partial charge in [0.25, 0.3) is 0 Å². The number of rotatable bonds is 2. The average Bonchev–Trinajstić information content (AvgIpc) is 1.41. The molecule has 0 saturated carbocycles. The zero-order chi connectivity index (χ0) is 4.12. The Labute approximate surface area is 69.8 Å². The van der Waals surface area contributed by atoms with E-state index in [9.17, 15) is 4.55 Å². The van der Waals surface area contributed by atoms with E-state index in [1.165, 1.54) is 0 Å². The average molecular weight is 132 g/mol. The van der Waals surface area contributed by atoms with Crippen molar-refractivity contribution < 1.29 is 34.1 Å². The van der Waals surface area contributed by atoms with E-state index < -0.39 is 0 Å². The van der Waals surface area contributed by atoms with Crippen molar-refractivity contribution in [1.82, 2.24) is 0 Å². The molecule has 0 aliphatic heterocycles. The van der Waals surface area contributed by atoms with E-state index in [1.807, 2.05) is 0 Å². The van der Waals surface area contributed by atoms with Crippen LogP contribution in [0.5, 0.6) is 0 Å². The van der Waals surface area contributed by atoms with Gasteiger partial charge in [-0.05, 0) is 11.5 Å². The molecule has 0 spiro atoms. The second kappa shape index (κ2) is 9.83. The van der Waals surface area contributed by atoms with Gasteiger partial charge in [0.1, 0.15) is 0 Å². The molecule has 0 aromatic rings. The topological polar surface area (TPSA) is 23.1 Å². The molecule has 0 atom stereocenters. The minimum absolute atomic E-state index is 0. The minimum Gasteiger partial charge on any atom is -0.799 e. The van der Waals surface area contributed by atoms with Crippen molar-refractivity contribution in [2.75, 3.05) is 11.5 Å². The van der Waals surface area contributed by atoms with E-state index in [1.54, 1.807) is 0 Å². The van der Waals surface area contributed by atoms with E-state index >= 15 is 0 Å². The van der Waals surface area contributed by atoms with Gasteiger partial charge in [0.2, 0.25) is 0 Å². The van der Waals surface area contributed by atoms with Gasteiger partial charge in [0, 0.05) is 0 Å². The molecule has 0 bridgehead atoms. The summed E-state index contributed by atoms with van der Waals surface area (Å²) in [4.78, 5) is 0. The first kappa shape index (κ1) is 10.6. The second-order valence-electron chi connectivity index (χ2n) is 0.546. The zero-order valence-electron chi connectivity index (χ0n) is 3.68. The fourth-order valence-corrected chi connectivity index (χ4v) is 0.335. The maximum Gasteiger partial charge on any atom is 1.00 e. The van der Waals surface area contributed by atoms with Crippen molar-refractivity contribution in [3.63, 3.8) is 0 Å². The summed E-state index contributed by atoms with van der Waals surface area (Å²) in [5.74, 6) is 1.30. The predicted molar refractivity (Wildman–Crippen MR) is 27.1 cm³/mol. The molecule has 0 unspecified atom stereocenters. The van der Waals surface area contributed by atoms with Gasteiger partial charge >= 0.3 is 29.6 Å². The Balaban J connectivity index is 0. The van der Waals surface area contributed by atoms with Crippen LogP contribution in [0.3, 0.4) is 0 Å². The maximum atomic E-state index is 9.40. The summed E-state index contributed by atoms with van der Waals surface area (Å²) in [5.41, 5.74) is 0. The Morgan fingerprint density at radius 2 is 2.17 bits per heavy atom. The molecule has 0 N–H and O–H groups in total. The molecule has 0 aliphatic rings. The zero-order valence-corrected chi connectivity index (χ0v) is 7.39. The Hall–Kier alpha value is 1.66. The third-order valence-corrected chi connectivity index (χ3v) is 1.07. The van der Waals surface area contributed by atoms with E-state index in [4.69, 9.17) is 0 Å². The molecular formula is C2H5NaOS2.